The van der Waals surface area contributed by atoms with Gasteiger partial charge in [-0.3, -0.25) is 9.48 Å². The predicted molar refractivity (Wildman–Crippen MR) is 83.0 cm³/mol. The van der Waals surface area contributed by atoms with Crippen molar-refractivity contribution in [2.24, 2.45) is 0 Å². The first kappa shape index (κ1) is 15.5. The molecule has 5 nitrogen and oxygen atoms in total. The number of hydrogen-bond donors (Lipinski definition) is 2. The fourth-order valence-corrected chi connectivity index (χ4v) is 2.08. The fraction of sp³-hybridized carbons (Fsp3) is 0.333. The smallest absolute Gasteiger partial charge is 0.221 e. The number of rotatable bonds is 8. The van der Waals surface area contributed by atoms with Crippen LogP contribution >= 0.6 is 11.6 Å². The normalized spacial score (nSPS) is 10.5. The molecule has 2 aromatic rings. The van der Waals surface area contributed by atoms with Crippen LogP contribution in [0, 0.1) is 0 Å². The van der Waals surface area contributed by atoms with Crippen molar-refractivity contribution in [2.45, 2.75) is 19.5 Å². The number of benzene rings is 1. The minimum Gasteiger partial charge on any atom is -0.352 e. The van der Waals surface area contributed by atoms with E-state index in [4.69, 9.17) is 11.6 Å². The average molecular weight is 307 g/mol. The maximum absolute atomic E-state index is 11.7. The molecule has 6 heteroatoms. The van der Waals surface area contributed by atoms with Crippen LogP contribution < -0.4 is 10.6 Å². The molecule has 0 aliphatic rings. The SMILES string of the molecule is O=C(CCNCCn1cccn1)NCc1ccccc1Cl. The highest BCUT2D eigenvalue weighted by Gasteiger charge is 2.03. The zero-order valence-corrected chi connectivity index (χ0v) is 12.5. The molecule has 1 amide bonds. The van der Waals surface area contributed by atoms with E-state index in [0.717, 1.165) is 18.7 Å². The quantitative estimate of drug-likeness (QED) is 0.732. The Morgan fingerprint density at radius 2 is 2.10 bits per heavy atom. The Labute approximate surface area is 129 Å². The molecule has 0 spiro atoms. The molecular weight excluding hydrogens is 288 g/mol. The number of aromatic nitrogens is 2. The number of halogens is 1. The zero-order chi connectivity index (χ0) is 14.9. The fourth-order valence-electron chi connectivity index (χ4n) is 1.88. The summed E-state index contributed by atoms with van der Waals surface area (Å²) >= 11 is 6.03. The Morgan fingerprint density at radius 3 is 2.86 bits per heavy atom. The van der Waals surface area contributed by atoms with Gasteiger partial charge in [0.1, 0.15) is 0 Å². The van der Waals surface area contributed by atoms with Crippen LogP contribution in [0.1, 0.15) is 12.0 Å². The van der Waals surface area contributed by atoms with Gasteiger partial charge in [-0.15, -0.1) is 0 Å². The van der Waals surface area contributed by atoms with Gasteiger partial charge in [-0.05, 0) is 17.7 Å². The van der Waals surface area contributed by atoms with Gasteiger partial charge in [0.05, 0.1) is 6.54 Å². The van der Waals surface area contributed by atoms with Gasteiger partial charge in [0.25, 0.3) is 0 Å². The maximum atomic E-state index is 11.7. The Kier molecular flexibility index (Phi) is 6.24. The van der Waals surface area contributed by atoms with E-state index in [1.807, 2.05) is 41.2 Å². The first-order valence-corrected chi connectivity index (χ1v) is 7.32. The molecule has 1 aromatic carbocycles. The Morgan fingerprint density at radius 1 is 1.24 bits per heavy atom. The third-order valence-electron chi connectivity index (χ3n) is 3.04. The molecule has 0 aliphatic heterocycles. The molecular formula is C15H19ClN4O. The number of nitrogens with zero attached hydrogens (tertiary/aromatic N) is 2. The third-order valence-corrected chi connectivity index (χ3v) is 3.41. The summed E-state index contributed by atoms with van der Waals surface area (Å²) in [5, 5.41) is 10.9. The maximum Gasteiger partial charge on any atom is 0.221 e. The van der Waals surface area contributed by atoms with Crippen LogP contribution in [0.15, 0.2) is 42.7 Å². The molecule has 0 bridgehead atoms. The lowest BCUT2D eigenvalue weighted by molar-refractivity contribution is -0.121. The molecule has 0 aliphatic carbocycles. The summed E-state index contributed by atoms with van der Waals surface area (Å²) in [4.78, 5) is 11.7. The van der Waals surface area contributed by atoms with Crippen molar-refractivity contribution in [3.63, 3.8) is 0 Å². The number of carbonyl (C=O) groups excluding carboxylic acids is 1. The predicted octanol–water partition coefficient (Wildman–Crippen LogP) is 1.83. The highest BCUT2D eigenvalue weighted by Crippen LogP contribution is 2.14. The average Bonchev–Trinajstić information content (AvgIpc) is 2.99. The summed E-state index contributed by atoms with van der Waals surface area (Å²) in [6.45, 7) is 2.70. The zero-order valence-electron chi connectivity index (χ0n) is 11.8. The van der Waals surface area contributed by atoms with Crippen molar-refractivity contribution >= 4 is 17.5 Å². The number of amides is 1. The second kappa shape index (κ2) is 8.44. The lowest BCUT2D eigenvalue weighted by Crippen LogP contribution is -2.28. The molecule has 0 fully saturated rings. The summed E-state index contributed by atoms with van der Waals surface area (Å²) in [6, 6.07) is 9.40. The van der Waals surface area contributed by atoms with Gasteiger partial charge in [-0.1, -0.05) is 29.8 Å². The molecule has 112 valence electrons. The second-order valence-corrected chi connectivity index (χ2v) is 5.04. The second-order valence-electron chi connectivity index (χ2n) is 4.64. The number of hydrogen-bond acceptors (Lipinski definition) is 3. The van der Waals surface area contributed by atoms with E-state index in [-0.39, 0.29) is 5.91 Å². The van der Waals surface area contributed by atoms with E-state index in [0.29, 0.717) is 24.5 Å². The van der Waals surface area contributed by atoms with E-state index in [9.17, 15) is 4.79 Å². The summed E-state index contributed by atoms with van der Waals surface area (Å²) < 4.78 is 1.85. The van der Waals surface area contributed by atoms with Crippen LogP contribution in [0.25, 0.3) is 0 Å². The molecule has 2 N–H and O–H groups in total. The Balaban J connectivity index is 1.56. The summed E-state index contributed by atoms with van der Waals surface area (Å²) in [7, 11) is 0. The monoisotopic (exact) mass is 306 g/mol. The molecule has 0 atom stereocenters. The minimum absolute atomic E-state index is 0.0153. The van der Waals surface area contributed by atoms with E-state index in [2.05, 4.69) is 15.7 Å². The summed E-state index contributed by atoms with van der Waals surface area (Å²) in [5.74, 6) is 0.0153. The number of carbonyl (C=O) groups is 1. The minimum atomic E-state index is 0.0153. The van der Waals surface area contributed by atoms with Gasteiger partial charge >= 0.3 is 0 Å². The lowest BCUT2D eigenvalue weighted by atomic mass is 10.2. The molecule has 1 aromatic heterocycles. The van der Waals surface area contributed by atoms with Crippen LogP contribution in [0.4, 0.5) is 0 Å². The molecule has 1 heterocycles. The van der Waals surface area contributed by atoms with Crippen molar-refractivity contribution in [3.05, 3.63) is 53.3 Å². The van der Waals surface area contributed by atoms with Gasteiger partial charge in [0.2, 0.25) is 5.91 Å². The molecule has 0 saturated heterocycles. The van der Waals surface area contributed by atoms with E-state index in [1.54, 1.807) is 6.20 Å². The molecule has 21 heavy (non-hydrogen) atoms. The van der Waals surface area contributed by atoms with Crippen molar-refractivity contribution < 1.29 is 4.79 Å². The van der Waals surface area contributed by atoms with Crippen molar-refractivity contribution in [3.8, 4) is 0 Å². The van der Waals surface area contributed by atoms with E-state index < -0.39 is 0 Å². The van der Waals surface area contributed by atoms with Gasteiger partial charge < -0.3 is 10.6 Å². The van der Waals surface area contributed by atoms with E-state index >= 15 is 0 Å². The standard InChI is InChI=1S/C15H19ClN4O/c16-14-5-2-1-4-13(14)12-18-15(21)6-8-17-9-11-20-10-3-7-19-20/h1-5,7,10,17H,6,8-9,11-12H2,(H,18,21). The first-order valence-electron chi connectivity index (χ1n) is 6.94. The summed E-state index contributed by atoms with van der Waals surface area (Å²) in [6.07, 6.45) is 4.11. The molecule has 2 rings (SSSR count). The van der Waals surface area contributed by atoms with E-state index in [1.165, 1.54) is 0 Å². The van der Waals surface area contributed by atoms with Crippen LogP contribution in [0.2, 0.25) is 5.02 Å². The topological polar surface area (TPSA) is 59.0 Å². The number of nitrogens with one attached hydrogen (secondary N) is 2. The lowest BCUT2D eigenvalue weighted by Gasteiger charge is -2.08. The molecule has 0 saturated carbocycles. The highest BCUT2D eigenvalue weighted by atomic mass is 35.5. The van der Waals surface area contributed by atoms with Crippen LogP contribution in [-0.4, -0.2) is 28.8 Å². The third kappa shape index (κ3) is 5.57. The van der Waals surface area contributed by atoms with Crippen molar-refractivity contribution in [1.29, 1.82) is 0 Å². The van der Waals surface area contributed by atoms with Gasteiger partial charge in [-0.2, -0.15) is 5.10 Å². The first-order chi connectivity index (χ1) is 10.3. The van der Waals surface area contributed by atoms with Crippen LogP contribution in [0.3, 0.4) is 0 Å². The van der Waals surface area contributed by atoms with Gasteiger partial charge in [0.15, 0.2) is 0 Å². The largest absolute Gasteiger partial charge is 0.352 e. The van der Waals surface area contributed by atoms with Gasteiger partial charge in [0, 0.05) is 43.5 Å². The molecule has 0 radical (unpaired) electrons. The molecule has 0 unspecified atom stereocenters. The Bertz CT molecular complexity index is 557. The highest BCUT2D eigenvalue weighted by molar-refractivity contribution is 6.31. The van der Waals surface area contributed by atoms with Crippen molar-refractivity contribution in [2.75, 3.05) is 13.1 Å². The summed E-state index contributed by atoms with van der Waals surface area (Å²) in [5.41, 5.74) is 0.930. The van der Waals surface area contributed by atoms with Crippen LogP contribution in [-0.2, 0) is 17.9 Å². The van der Waals surface area contributed by atoms with Gasteiger partial charge in [-0.25, -0.2) is 0 Å². The van der Waals surface area contributed by atoms with Crippen molar-refractivity contribution in [1.82, 2.24) is 20.4 Å². The Hall–Kier alpha value is -1.85. The van der Waals surface area contributed by atoms with Crippen LogP contribution in [0.5, 0.6) is 0 Å².